The molecule has 0 fully saturated rings. The molecule has 0 bridgehead atoms. The first-order chi connectivity index (χ1) is 8.74. The maximum atomic E-state index is 9.79. The fraction of sp³-hybridized carbons (Fsp3) is 0.333. The minimum Gasteiger partial charge on any atom is -0.492 e. The number of benzene rings is 2. The molecule has 0 saturated carbocycles. The van der Waals surface area contributed by atoms with Gasteiger partial charge in [-0.1, -0.05) is 36.4 Å². The molecule has 0 aliphatic rings. The Morgan fingerprint density at radius 2 is 1.94 bits per heavy atom. The van der Waals surface area contributed by atoms with E-state index in [1.54, 1.807) is 6.92 Å². The summed E-state index contributed by atoms with van der Waals surface area (Å²) in [6.07, 6.45) is 0.0152. The van der Waals surface area contributed by atoms with Gasteiger partial charge in [0.2, 0.25) is 0 Å². The van der Waals surface area contributed by atoms with Crippen LogP contribution in [0.3, 0.4) is 0 Å². The second-order valence-corrected chi connectivity index (χ2v) is 4.31. The van der Waals surface area contributed by atoms with E-state index in [4.69, 9.17) is 9.84 Å². The smallest absolute Gasteiger partial charge is 0.132 e. The summed E-state index contributed by atoms with van der Waals surface area (Å²) < 4.78 is 5.73. The van der Waals surface area contributed by atoms with Crippen LogP contribution in [0.4, 0.5) is 0 Å². The molecule has 0 aliphatic carbocycles. The molecule has 2 N–H and O–H groups in total. The van der Waals surface area contributed by atoms with Crippen LogP contribution >= 0.6 is 0 Å². The molecule has 3 heteroatoms. The summed E-state index contributed by atoms with van der Waals surface area (Å²) in [7, 11) is 0. The van der Waals surface area contributed by atoms with Crippen LogP contribution in [0.2, 0.25) is 0 Å². The summed E-state index contributed by atoms with van der Waals surface area (Å²) >= 11 is 0. The minimum atomic E-state index is -0.571. The summed E-state index contributed by atoms with van der Waals surface area (Å²) in [5, 5.41) is 20.7. The summed E-state index contributed by atoms with van der Waals surface area (Å²) in [4.78, 5) is 0. The molecule has 2 aromatic rings. The predicted molar refractivity (Wildman–Crippen MR) is 71.8 cm³/mol. The molecule has 0 spiro atoms. The number of hydrogen-bond acceptors (Lipinski definition) is 3. The lowest BCUT2D eigenvalue weighted by Gasteiger charge is -2.16. The monoisotopic (exact) mass is 246 g/mol. The van der Waals surface area contributed by atoms with Crippen LogP contribution in [-0.4, -0.2) is 23.4 Å². The Balaban J connectivity index is 2.45. The second-order valence-electron chi connectivity index (χ2n) is 4.31. The lowest BCUT2D eigenvalue weighted by atomic mass is 10.0. The van der Waals surface area contributed by atoms with Crippen molar-refractivity contribution in [1.29, 1.82) is 0 Å². The van der Waals surface area contributed by atoms with E-state index in [1.165, 1.54) is 0 Å². The molecule has 0 aromatic heterocycles. The van der Waals surface area contributed by atoms with Gasteiger partial charge in [0.25, 0.3) is 0 Å². The van der Waals surface area contributed by atoms with Crippen molar-refractivity contribution in [3.63, 3.8) is 0 Å². The first kappa shape index (κ1) is 12.9. The highest BCUT2D eigenvalue weighted by atomic mass is 16.5. The van der Waals surface area contributed by atoms with Crippen molar-refractivity contribution < 1.29 is 14.9 Å². The summed E-state index contributed by atoms with van der Waals surface area (Å²) in [5.41, 5.74) is 0.784. The normalized spacial score (nSPS) is 12.6. The Bertz CT molecular complexity index is 520. The number of rotatable bonds is 5. The maximum Gasteiger partial charge on any atom is 0.132 e. The molecule has 0 heterocycles. The zero-order chi connectivity index (χ0) is 13.0. The lowest BCUT2D eigenvalue weighted by Crippen LogP contribution is -2.04. The molecule has 3 nitrogen and oxygen atoms in total. The van der Waals surface area contributed by atoms with Gasteiger partial charge in [0, 0.05) is 24.0 Å². The van der Waals surface area contributed by atoms with Crippen LogP contribution in [0.5, 0.6) is 5.75 Å². The molecule has 0 saturated heterocycles. The van der Waals surface area contributed by atoms with E-state index in [0.29, 0.717) is 13.0 Å². The number of hydrogen-bond donors (Lipinski definition) is 2. The molecule has 96 valence electrons. The Labute approximate surface area is 107 Å². The van der Waals surface area contributed by atoms with Crippen molar-refractivity contribution in [3.05, 3.63) is 42.0 Å². The van der Waals surface area contributed by atoms with Gasteiger partial charge in [-0.15, -0.1) is 0 Å². The molecule has 0 aliphatic heterocycles. The first-order valence-electron chi connectivity index (χ1n) is 6.17. The van der Waals surface area contributed by atoms with Gasteiger partial charge in [0.15, 0.2) is 0 Å². The Kier molecular flexibility index (Phi) is 4.18. The van der Waals surface area contributed by atoms with Gasteiger partial charge in [-0.3, -0.25) is 0 Å². The van der Waals surface area contributed by atoms with Crippen LogP contribution in [0.15, 0.2) is 36.4 Å². The van der Waals surface area contributed by atoms with E-state index in [9.17, 15) is 5.11 Å². The summed E-state index contributed by atoms with van der Waals surface area (Å²) in [6.45, 7) is 2.28. The van der Waals surface area contributed by atoms with Crippen LogP contribution in [-0.2, 0) is 0 Å². The second kappa shape index (κ2) is 5.85. The van der Waals surface area contributed by atoms with Gasteiger partial charge in [-0.25, -0.2) is 0 Å². The molecule has 0 radical (unpaired) electrons. The van der Waals surface area contributed by atoms with E-state index in [-0.39, 0.29) is 6.61 Å². The summed E-state index contributed by atoms with van der Waals surface area (Å²) in [5.74, 6) is 0.719. The molecule has 1 atom stereocenters. The van der Waals surface area contributed by atoms with Crippen molar-refractivity contribution in [1.82, 2.24) is 0 Å². The van der Waals surface area contributed by atoms with Crippen LogP contribution in [0.25, 0.3) is 10.8 Å². The molecular weight excluding hydrogens is 228 g/mol. The Morgan fingerprint density at radius 1 is 1.17 bits per heavy atom. The topological polar surface area (TPSA) is 49.7 Å². The van der Waals surface area contributed by atoms with Crippen LogP contribution in [0.1, 0.15) is 25.0 Å². The largest absolute Gasteiger partial charge is 0.492 e. The molecule has 18 heavy (non-hydrogen) atoms. The Morgan fingerprint density at radius 3 is 2.67 bits per heavy atom. The van der Waals surface area contributed by atoms with Crippen molar-refractivity contribution >= 4 is 10.8 Å². The van der Waals surface area contributed by atoms with Crippen molar-refractivity contribution in [2.75, 3.05) is 13.2 Å². The zero-order valence-electron chi connectivity index (χ0n) is 10.5. The standard InChI is InChI=1S/C15H18O3/c1-11(17)13-8-7-12-5-2-3-6-14(12)15(13)18-10-4-9-16/h2-3,5-8,11,16-17H,4,9-10H2,1H3. The van der Waals surface area contributed by atoms with E-state index < -0.39 is 6.10 Å². The van der Waals surface area contributed by atoms with Gasteiger partial charge >= 0.3 is 0 Å². The third-order valence-electron chi connectivity index (χ3n) is 2.91. The van der Waals surface area contributed by atoms with Crippen molar-refractivity contribution in [3.8, 4) is 5.75 Å². The first-order valence-corrected chi connectivity index (χ1v) is 6.17. The van der Waals surface area contributed by atoms with Crippen molar-refractivity contribution in [2.45, 2.75) is 19.4 Å². The highest BCUT2D eigenvalue weighted by Gasteiger charge is 2.12. The maximum absolute atomic E-state index is 9.79. The number of aliphatic hydroxyl groups excluding tert-OH is 2. The van der Waals surface area contributed by atoms with Gasteiger partial charge in [-0.05, 0) is 12.3 Å². The van der Waals surface area contributed by atoms with Gasteiger partial charge in [0.1, 0.15) is 5.75 Å². The zero-order valence-corrected chi connectivity index (χ0v) is 10.5. The fourth-order valence-corrected chi connectivity index (χ4v) is 1.99. The quantitative estimate of drug-likeness (QED) is 0.797. The average Bonchev–Trinajstić information content (AvgIpc) is 2.38. The molecular formula is C15H18O3. The SMILES string of the molecule is CC(O)c1ccc2ccccc2c1OCCCO. The number of ether oxygens (including phenoxy) is 1. The van der Waals surface area contributed by atoms with E-state index >= 15 is 0 Å². The Hall–Kier alpha value is -1.58. The van der Waals surface area contributed by atoms with Gasteiger partial charge in [-0.2, -0.15) is 0 Å². The highest BCUT2D eigenvalue weighted by Crippen LogP contribution is 2.33. The highest BCUT2D eigenvalue weighted by molar-refractivity contribution is 5.89. The number of aliphatic hydroxyl groups is 2. The fourth-order valence-electron chi connectivity index (χ4n) is 1.99. The van der Waals surface area contributed by atoms with Gasteiger partial charge < -0.3 is 14.9 Å². The predicted octanol–water partition coefficient (Wildman–Crippen LogP) is 2.65. The van der Waals surface area contributed by atoms with Crippen LogP contribution in [0, 0.1) is 0 Å². The van der Waals surface area contributed by atoms with Gasteiger partial charge in [0.05, 0.1) is 12.7 Å². The van der Waals surface area contributed by atoms with E-state index in [0.717, 1.165) is 22.1 Å². The molecule has 1 unspecified atom stereocenters. The van der Waals surface area contributed by atoms with Crippen molar-refractivity contribution in [2.24, 2.45) is 0 Å². The average molecular weight is 246 g/mol. The molecule has 2 rings (SSSR count). The third kappa shape index (κ3) is 2.63. The summed E-state index contributed by atoms with van der Waals surface area (Å²) in [6, 6.07) is 11.8. The van der Waals surface area contributed by atoms with E-state index in [1.807, 2.05) is 36.4 Å². The lowest BCUT2D eigenvalue weighted by molar-refractivity contribution is 0.188. The molecule has 2 aromatic carbocycles. The minimum absolute atomic E-state index is 0.106. The molecule has 0 amide bonds. The number of fused-ring (bicyclic) bond motifs is 1. The van der Waals surface area contributed by atoms with Crippen LogP contribution < -0.4 is 4.74 Å². The third-order valence-corrected chi connectivity index (χ3v) is 2.91. The van der Waals surface area contributed by atoms with E-state index in [2.05, 4.69) is 0 Å².